The third-order valence-electron chi connectivity index (χ3n) is 2.67. The number of halogens is 1. The maximum atomic E-state index is 13.1. The van der Waals surface area contributed by atoms with Crippen LogP contribution in [0.4, 0.5) is 10.1 Å². The molecule has 8 heteroatoms. The minimum Gasteiger partial charge on any atom is -0.476 e. The molecule has 0 saturated heterocycles. The first-order valence-electron chi connectivity index (χ1n) is 5.98. The maximum Gasteiger partial charge on any atom is 0.355 e. The number of hydrogen-bond acceptors (Lipinski definition) is 5. The molecule has 6 nitrogen and oxygen atoms in total. The molecule has 0 saturated carbocycles. The van der Waals surface area contributed by atoms with Gasteiger partial charge < -0.3 is 16.2 Å². The predicted molar refractivity (Wildman–Crippen MR) is 76.2 cm³/mol. The lowest BCUT2D eigenvalue weighted by Gasteiger charge is -2.09. The van der Waals surface area contributed by atoms with Crippen molar-refractivity contribution in [2.24, 2.45) is 5.73 Å². The number of rotatable bonds is 6. The summed E-state index contributed by atoms with van der Waals surface area (Å²) in [6.45, 7) is 0.415. The van der Waals surface area contributed by atoms with E-state index in [0.717, 1.165) is 6.07 Å². The number of thiazole rings is 1. The summed E-state index contributed by atoms with van der Waals surface area (Å²) >= 11 is 1.24. The summed E-state index contributed by atoms with van der Waals surface area (Å²) in [5.74, 6) is -2.33. The Morgan fingerprint density at radius 1 is 1.43 bits per heavy atom. The van der Waals surface area contributed by atoms with E-state index in [1.165, 1.54) is 28.8 Å². The second-order valence-electron chi connectivity index (χ2n) is 4.16. The van der Waals surface area contributed by atoms with Gasteiger partial charge in [0.15, 0.2) is 5.69 Å². The van der Waals surface area contributed by atoms with Gasteiger partial charge in [0.05, 0.1) is 10.6 Å². The standard InChI is InChI=1S/C13H12FN3O3S/c14-7-1-2-9(8(5-7)12(15)18)16-4-3-11-17-10(6-21-11)13(19)20/h1-2,5-6,16H,3-4H2,(H2,15,18)(H,19,20). The summed E-state index contributed by atoms with van der Waals surface area (Å²) in [5, 5.41) is 13.8. The number of nitrogens with zero attached hydrogens (tertiary/aromatic N) is 1. The minimum atomic E-state index is -1.07. The number of aromatic nitrogens is 1. The Labute approximate surface area is 123 Å². The highest BCUT2D eigenvalue weighted by molar-refractivity contribution is 7.09. The fourth-order valence-corrected chi connectivity index (χ4v) is 2.47. The molecule has 0 spiro atoms. The molecule has 0 aliphatic rings. The van der Waals surface area contributed by atoms with Crippen LogP contribution in [0.15, 0.2) is 23.6 Å². The number of carboxylic acid groups (broad SMARTS) is 1. The van der Waals surface area contributed by atoms with E-state index < -0.39 is 17.7 Å². The molecular formula is C13H12FN3O3S. The predicted octanol–water partition coefficient (Wildman–Crippen LogP) is 1.73. The van der Waals surface area contributed by atoms with Crippen LogP contribution < -0.4 is 11.1 Å². The van der Waals surface area contributed by atoms with E-state index in [4.69, 9.17) is 10.8 Å². The van der Waals surface area contributed by atoms with Gasteiger partial charge in [-0.15, -0.1) is 11.3 Å². The molecule has 0 radical (unpaired) electrons. The summed E-state index contributed by atoms with van der Waals surface area (Å²) in [6, 6.07) is 3.72. The van der Waals surface area contributed by atoms with Crippen LogP contribution in [0.3, 0.4) is 0 Å². The van der Waals surface area contributed by atoms with Crippen LogP contribution in [0, 0.1) is 5.82 Å². The Hall–Kier alpha value is -2.48. The molecule has 1 aromatic heterocycles. The van der Waals surface area contributed by atoms with Gasteiger partial charge >= 0.3 is 5.97 Å². The Kier molecular flexibility index (Phi) is 4.49. The van der Waals surface area contributed by atoms with Gasteiger partial charge in [-0.3, -0.25) is 4.79 Å². The lowest BCUT2D eigenvalue weighted by Crippen LogP contribution is -2.16. The zero-order valence-electron chi connectivity index (χ0n) is 10.8. The third kappa shape index (κ3) is 3.76. The third-order valence-corrected chi connectivity index (χ3v) is 3.58. The molecule has 0 unspecified atom stereocenters. The van der Waals surface area contributed by atoms with Crippen LogP contribution >= 0.6 is 11.3 Å². The van der Waals surface area contributed by atoms with Gasteiger partial charge in [0.2, 0.25) is 0 Å². The first-order chi connectivity index (χ1) is 9.97. The van der Waals surface area contributed by atoms with Crippen LogP contribution in [-0.2, 0) is 6.42 Å². The second kappa shape index (κ2) is 6.31. The summed E-state index contributed by atoms with van der Waals surface area (Å²) in [4.78, 5) is 25.9. The first kappa shape index (κ1) is 14.9. The number of amides is 1. The van der Waals surface area contributed by atoms with Gasteiger partial charge in [0.25, 0.3) is 5.91 Å². The summed E-state index contributed by atoms with van der Waals surface area (Å²) in [5.41, 5.74) is 5.69. The molecule has 1 heterocycles. The average Bonchev–Trinajstić information content (AvgIpc) is 2.89. The number of benzene rings is 1. The molecule has 110 valence electrons. The molecule has 1 aromatic carbocycles. The Balaban J connectivity index is 2.00. The summed E-state index contributed by atoms with van der Waals surface area (Å²) in [6.07, 6.45) is 0.480. The van der Waals surface area contributed by atoms with Crippen LogP contribution in [0.5, 0.6) is 0 Å². The topological polar surface area (TPSA) is 105 Å². The summed E-state index contributed by atoms with van der Waals surface area (Å²) < 4.78 is 13.1. The molecule has 21 heavy (non-hydrogen) atoms. The zero-order valence-corrected chi connectivity index (χ0v) is 11.6. The van der Waals surface area contributed by atoms with E-state index in [0.29, 0.717) is 23.7 Å². The van der Waals surface area contributed by atoms with Crippen molar-refractivity contribution in [1.29, 1.82) is 0 Å². The molecule has 2 rings (SSSR count). The van der Waals surface area contributed by atoms with E-state index >= 15 is 0 Å². The number of carbonyl (C=O) groups excluding carboxylic acids is 1. The van der Waals surface area contributed by atoms with Crippen LogP contribution in [0.2, 0.25) is 0 Å². The second-order valence-corrected chi connectivity index (χ2v) is 5.11. The largest absolute Gasteiger partial charge is 0.476 e. The van der Waals surface area contributed by atoms with Gasteiger partial charge in [-0.25, -0.2) is 14.2 Å². The van der Waals surface area contributed by atoms with Gasteiger partial charge in [-0.1, -0.05) is 0 Å². The maximum absolute atomic E-state index is 13.1. The van der Waals surface area contributed by atoms with Crippen molar-refractivity contribution >= 4 is 28.9 Å². The van der Waals surface area contributed by atoms with Crippen molar-refractivity contribution in [3.63, 3.8) is 0 Å². The quantitative estimate of drug-likeness (QED) is 0.753. The van der Waals surface area contributed by atoms with E-state index in [-0.39, 0.29) is 11.3 Å². The lowest BCUT2D eigenvalue weighted by atomic mass is 10.1. The summed E-state index contributed by atoms with van der Waals surface area (Å²) in [7, 11) is 0. The fraction of sp³-hybridized carbons (Fsp3) is 0.154. The molecule has 0 aliphatic heterocycles. The van der Waals surface area contributed by atoms with Crippen LogP contribution in [-0.4, -0.2) is 28.5 Å². The normalized spacial score (nSPS) is 10.3. The molecule has 1 amide bonds. The van der Waals surface area contributed by atoms with Gasteiger partial charge in [0, 0.05) is 24.0 Å². The monoisotopic (exact) mass is 309 g/mol. The molecule has 0 atom stereocenters. The highest BCUT2D eigenvalue weighted by Gasteiger charge is 2.11. The zero-order chi connectivity index (χ0) is 15.4. The van der Waals surface area contributed by atoms with Crippen molar-refractivity contribution in [2.75, 3.05) is 11.9 Å². The van der Waals surface area contributed by atoms with Gasteiger partial charge in [-0.05, 0) is 18.2 Å². The fourth-order valence-electron chi connectivity index (χ4n) is 1.70. The molecule has 0 fully saturated rings. The van der Waals surface area contributed by atoms with Gasteiger partial charge in [0.1, 0.15) is 5.82 Å². The van der Waals surface area contributed by atoms with Crippen molar-refractivity contribution in [3.05, 3.63) is 45.7 Å². The highest BCUT2D eigenvalue weighted by atomic mass is 32.1. The SMILES string of the molecule is NC(=O)c1cc(F)ccc1NCCc1nc(C(=O)O)cs1. The number of anilines is 1. The van der Waals surface area contributed by atoms with Crippen LogP contribution in [0.25, 0.3) is 0 Å². The molecule has 0 bridgehead atoms. The average molecular weight is 309 g/mol. The Bertz CT molecular complexity index is 687. The van der Waals surface area contributed by atoms with Crippen molar-refractivity contribution < 1.29 is 19.1 Å². The smallest absolute Gasteiger partial charge is 0.355 e. The number of hydrogen-bond donors (Lipinski definition) is 3. The van der Waals surface area contributed by atoms with Gasteiger partial charge in [-0.2, -0.15) is 0 Å². The van der Waals surface area contributed by atoms with Crippen LogP contribution in [0.1, 0.15) is 25.9 Å². The highest BCUT2D eigenvalue weighted by Crippen LogP contribution is 2.17. The molecule has 4 N–H and O–H groups in total. The van der Waals surface area contributed by atoms with E-state index in [1.54, 1.807) is 0 Å². The number of carbonyl (C=O) groups is 2. The van der Waals surface area contributed by atoms with E-state index in [1.807, 2.05) is 0 Å². The molecule has 2 aromatic rings. The van der Waals surface area contributed by atoms with Crippen molar-refractivity contribution in [1.82, 2.24) is 4.98 Å². The Morgan fingerprint density at radius 2 is 2.19 bits per heavy atom. The minimum absolute atomic E-state index is 0.00890. The number of aromatic carboxylic acids is 1. The number of nitrogens with one attached hydrogen (secondary N) is 1. The molecule has 0 aliphatic carbocycles. The lowest BCUT2D eigenvalue weighted by molar-refractivity contribution is 0.0691. The van der Waals surface area contributed by atoms with E-state index in [9.17, 15) is 14.0 Å². The molecular weight excluding hydrogens is 297 g/mol. The Morgan fingerprint density at radius 3 is 2.81 bits per heavy atom. The first-order valence-corrected chi connectivity index (χ1v) is 6.86. The van der Waals surface area contributed by atoms with Crippen molar-refractivity contribution in [2.45, 2.75) is 6.42 Å². The van der Waals surface area contributed by atoms with Crippen molar-refractivity contribution in [3.8, 4) is 0 Å². The number of primary amides is 1. The number of nitrogens with two attached hydrogens (primary N) is 1. The van der Waals surface area contributed by atoms with E-state index in [2.05, 4.69) is 10.3 Å². The number of carboxylic acids is 1.